The molecular weight excluding hydrogens is 194 g/mol. The third-order valence-electron chi connectivity index (χ3n) is 1.73. The lowest BCUT2D eigenvalue weighted by Gasteiger charge is -2.01. The minimum atomic E-state index is -2.49. The highest BCUT2D eigenvalue weighted by molar-refractivity contribution is 5.76. The van der Waals surface area contributed by atoms with E-state index in [2.05, 4.69) is 10.3 Å². The molecule has 2 N–H and O–H groups in total. The summed E-state index contributed by atoms with van der Waals surface area (Å²) in [6.45, 7) is 1.05. The van der Waals surface area contributed by atoms with Crippen molar-refractivity contribution in [3.05, 3.63) is 11.4 Å². The van der Waals surface area contributed by atoms with E-state index in [-0.39, 0.29) is 6.42 Å². The van der Waals surface area contributed by atoms with Gasteiger partial charge >= 0.3 is 0 Å². The number of alkyl halides is 2. The van der Waals surface area contributed by atoms with E-state index in [1.165, 1.54) is 0 Å². The highest BCUT2D eigenvalue weighted by Gasteiger charge is 2.13. The van der Waals surface area contributed by atoms with E-state index >= 15 is 0 Å². The maximum absolute atomic E-state index is 12.0. The lowest BCUT2D eigenvalue weighted by molar-refractivity contribution is -0.117. The Morgan fingerprint density at radius 2 is 2.29 bits per heavy atom. The number of nitrogens with zero attached hydrogens (tertiary/aromatic N) is 3. The van der Waals surface area contributed by atoms with E-state index in [9.17, 15) is 13.6 Å². The van der Waals surface area contributed by atoms with Crippen molar-refractivity contribution in [2.24, 2.45) is 5.73 Å². The quantitative estimate of drug-likeness (QED) is 0.743. The minimum absolute atomic E-state index is 0.0743. The fourth-order valence-corrected chi connectivity index (χ4v) is 1.03. The first-order valence-electron chi connectivity index (χ1n) is 3.96. The summed E-state index contributed by atoms with van der Waals surface area (Å²) in [7, 11) is 0. The zero-order valence-electron chi connectivity index (χ0n) is 7.57. The number of carbonyl (C=O) groups is 1. The van der Waals surface area contributed by atoms with Crippen molar-refractivity contribution in [1.29, 1.82) is 0 Å². The normalized spacial score (nSPS) is 10.9. The second-order valence-electron chi connectivity index (χ2n) is 2.84. The van der Waals surface area contributed by atoms with Gasteiger partial charge in [0.1, 0.15) is 6.54 Å². The van der Waals surface area contributed by atoms with Crippen molar-refractivity contribution in [3.63, 3.8) is 0 Å². The molecule has 1 aromatic heterocycles. The molecule has 1 aromatic rings. The molecule has 78 valence electrons. The highest BCUT2D eigenvalue weighted by atomic mass is 19.3. The van der Waals surface area contributed by atoms with Gasteiger partial charge in [-0.25, -0.2) is 13.5 Å². The van der Waals surface area contributed by atoms with Crippen molar-refractivity contribution in [3.8, 4) is 0 Å². The standard InChI is InChI=1S/C7H10F2N4O/c1-4-5(2-7(10)14)11-12-13(4)3-6(8)9/h6H,2-3H2,1H3,(H2,10,14). The molecule has 0 radical (unpaired) electrons. The Labute approximate surface area is 78.9 Å². The van der Waals surface area contributed by atoms with E-state index in [0.29, 0.717) is 11.4 Å². The van der Waals surface area contributed by atoms with Gasteiger partial charge < -0.3 is 5.73 Å². The number of aromatic nitrogens is 3. The molecule has 7 heteroatoms. The van der Waals surface area contributed by atoms with E-state index in [0.717, 1.165) is 4.68 Å². The highest BCUT2D eigenvalue weighted by Crippen LogP contribution is 2.06. The number of hydrogen-bond acceptors (Lipinski definition) is 3. The van der Waals surface area contributed by atoms with Gasteiger partial charge in [0.05, 0.1) is 17.8 Å². The van der Waals surface area contributed by atoms with Crippen molar-refractivity contribution in [2.45, 2.75) is 26.3 Å². The molecule has 0 aromatic carbocycles. The van der Waals surface area contributed by atoms with Gasteiger partial charge in [-0.3, -0.25) is 4.79 Å². The van der Waals surface area contributed by atoms with Gasteiger partial charge in [0.2, 0.25) is 5.91 Å². The van der Waals surface area contributed by atoms with Gasteiger partial charge in [-0.1, -0.05) is 5.21 Å². The van der Waals surface area contributed by atoms with E-state index in [1.807, 2.05) is 0 Å². The summed E-state index contributed by atoms with van der Waals surface area (Å²) in [5.74, 6) is -0.558. The third-order valence-corrected chi connectivity index (χ3v) is 1.73. The Bertz CT molecular complexity index is 336. The van der Waals surface area contributed by atoms with Gasteiger partial charge in [-0.05, 0) is 6.92 Å². The number of halogens is 2. The topological polar surface area (TPSA) is 73.8 Å². The van der Waals surface area contributed by atoms with Crippen LogP contribution in [0.3, 0.4) is 0 Å². The van der Waals surface area contributed by atoms with Crippen LogP contribution in [0.5, 0.6) is 0 Å². The summed E-state index contributed by atoms with van der Waals surface area (Å²) in [4.78, 5) is 10.5. The molecule has 0 saturated heterocycles. The molecule has 0 saturated carbocycles. The van der Waals surface area contributed by atoms with E-state index < -0.39 is 18.9 Å². The average Bonchev–Trinajstić information content (AvgIpc) is 2.34. The molecule has 0 aliphatic carbocycles. The Hall–Kier alpha value is -1.53. The van der Waals surface area contributed by atoms with Crippen LogP contribution in [0.4, 0.5) is 8.78 Å². The number of primary amides is 1. The lowest BCUT2D eigenvalue weighted by Crippen LogP contribution is -2.15. The second kappa shape index (κ2) is 4.12. The van der Waals surface area contributed by atoms with Gasteiger partial charge in [-0.15, -0.1) is 5.10 Å². The van der Waals surface area contributed by atoms with E-state index in [4.69, 9.17) is 5.73 Å². The molecule has 1 heterocycles. The van der Waals surface area contributed by atoms with Gasteiger partial charge in [0.15, 0.2) is 0 Å². The van der Waals surface area contributed by atoms with Crippen LogP contribution < -0.4 is 5.73 Å². The average molecular weight is 204 g/mol. The van der Waals surface area contributed by atoms with Crippen LogP contribution in [-0.2, 0) is 17.8 Å². The van der Waals surface area contributed by atoms with Crippen LogP contribution in [0.1, 0.15) is 11.4 Å². The molecular formula is C7H10F2N4O. The number of rotatable bonds is 4. The van der Waals surface area contributed by atoms with Crippen LogP contribution in [-0.4, -0.2) is 27.3 Å². The summed E-state index contributed by atoms with van der Waals surface area (Å²) in [6, 6.07) is 0. The Morgan fingerprint density at radius 1 is 1.64 bits per heavy atom. The maximum Gasteiger partial charge on any atom is 0.257 e. The van der Waals surface area contributed by atoms with Gasteiger partial charge in [0, 0.05) is 0 Å². The Morgan fingerprint density at radius 3 is 2.79 bits per heavy atom. The SMILES string of the molecule is Cc1c(CC(N)=O)nnn1CC(F)F. The first-order chi connectivity index (χ1) is 6.50. The minimum Gasteiger partial charge on any atom is -0.369 e. The molecule has 0 atom stereocenters. The molecule has 0 bridgehead atoms. The molecule has 0 aliphatic heterocycles. The first-order valence-corrected chi connectivity index (χ1v) is 3.96. The predicted octanol–water partition coefficient (Wildman–Crippen LogP) is -0.121. The first kappa shape index (κ1) is 10.6. The fourth-order valence-electron chi connectivity index (χ4n) is 1.03. The summed E-state index contributed by atoms with van der Waals surface area (Å²) in [5.41, 5.74) is 5.73. The number of hydrogen-bond donors (Lipinski definition) is 1. The fraction of sp³-hybridized carbons (Fsp3) is 0.571. The molecule has 0 unspecified atom stereocenters. The van der Waals surface area contributed by atoms with Crippen molar-refractivity contribution in [2.75, 3.05) is 0 Å². The lowest BCUT2D eigenvalue weighted by atomic mass is 10.2. The molecule has 0 spiro atoms. The molecule has 1 amide bonds. The zero-order chi connectivity index (χ0) is 10.7. The summed E-state index contributed by atoms with van der Waals surface area (Å²) in [6.07, 6.45) is -2.56. The Kier molecular flexibility index (Phi) is 3.10. The van der Waals surface area contributed by atoms with Gasteiger partial charge in [-0.2, -0.15) is 0 Å². The molecule has 14 heavy (non-hydrogen) atoms. The number of nitrogens with two attached hydrogens (primary N) is 1. The third kappa shape index (κ3) is 2.48. The predicted molar refractivity (Wildman–Crippen MR) is 43.7 cm³/mol. The molecule has 0 aliphatic rings. The maximum atomic E-state index is 12.0. The largest absolute Gasteiger partial charge is 0.369 e. The number of carbonyl (C=O) groups excluding carboxylic acids is 1. The molecule has 5 nitrogen and oxygen atoms in total. The second-order valence-corrected chi connectivity index (χ2v) is 2.84. The molecule has 1 rings (SSSR count). The van der Waals surface area contributed by atoms with Crippen LogP contribution >= 0.6 is 0 Å². The monoisotopic (exact) mass is 204 g/mol. The molecule has 0 fully saturated rings. The van der Waals surface area contributed by atoms with Crippen molar-refractivity contribution in [1.82, 2.24) is 15.0 Å². The van der Waals surface area contributed by atoms with Crippen molar-refractivity contribution >= 4 is 5.91 Å². The van der Waals surface area contributed by atoms with Crippen molar-refractivity contribution < 1.29 is 13.6 Å². The van der Waals surface area contributed by atoms with Crippen LogP contribution in [0.25, 0.3) is 0 Å². The van der Waals surface area contributed by atoms with Crippen LogP contribution in [0.2, 0.25) is 0 Å². The number of amides is 1. The smallest absolute Gasteiger partial charge is 0.257 e. The van der Waals surface area contributed by atoms with Gasteiger partial charge in [0.25, 0.3) is 6.43 Å². The summed E-state index contributed by atoms with van der Waals surface area (Å²) < 4.78 is 25.0. The van der Waals surface area contributed by atoms with Crippen LogP contribution in [0, 0.1) is 6.92 Å². The Balaban J connectivity index is 2.79. The zero-order valence-corrected chi connectivity index (χ0v) is 7.57. The van der Waals surface area contributed by atoms with Crippen LogP contribution in [0.15, 0.2) is 0 Å². The van der Waals surface area contributed by atoms with E-state index in [1.54, 1.807) is 6.92 Å². The summed E-state index contributed by atoms with van der Waals surface area (Å²) >= 11 is 0. The summed E-state index contributed by atoms with van der Waals surface area (Å²) in [5, 5.41) is 7.08.